The van der Waals surface area contributed by atoms with E-state index in [1.165, 1.54) is 0 Å². The minimum atomic E-state index is -1.26. The molecule has 1 aromatic carbocycles. The molecule has 7 heteroatoms. The molecule has 2 atom stereocenters. The molecule has 0 aromatic heterocycles. The molecule has 0 N–H and O–H groups in total. The molecule has 2 aliphatic rings. The van der Waals surface area contributed by atoms with Crippen LogP contribution >= 0.6 is 0 Å². The fourth-order valence-corrected chi connectivity index (χ4v) is 2.73. The molecule has 3 rings (SSSR count). The number of epoxide rings is 1. The Morgan fingerprint density at radius 1 is 0.963 bits per heavy atom. The minimum absolute atomic E-state index is 0.297. The summed E-state index contributed by atoms with van der Waals surface area (Å²) in [5, 5.41) is 0. The molecular weight excluding hydrogens is 352 g/mol. The Morgan fingerprint density at radius 3 is 2.19 bits per heavy atom. The molecule has 0 radical (unpaired) electrons. The molecule has 1 aliphatic carbocycles. The topological polar surface area (TPSA) is 83.6 Å². The fourth-order valence-electron chi connectivity index (χ4n) is 2.73. The lowest BCUT2D eigenvalue weighted by molar-refractivity contribution is -0.0680. The SMILES string of the molecule is CC(C)(C)OC(=O)OC1=C[C@H]2O[C@]2(OC(=O)OC(C)(C)C)c2ccccc21. The van der Waals surface area contributed by atoms with Gasteiger partial charge in [0.15, 0.2) is 6.10 Å². The largest absolute Gasteiger partial charge is 0.514 e. The molecule has 1 aromatic rings. The molecule has 1 heterocycles. The summed E-state index contributed by atoms with van der Waals surface area (Å²) in [5.74, 6) is -0.967. The van der Waals surface area contributed by atoms with Gasteiger partial charge in [-0.25, -0.2) is 9.59 Å². The van der Waals surface area contributed by atoms with Crippen LogP contribution in [0.4, 0.5) is 9.59 Å². The monoisotopic (exact) mass is 376 g/mol. The quantitative estimate of drug-likeness (QED) is 0.555. The lowest BCUT2D eigenvalue weighted by Crippen LogP contribution is -2.31. The van der Waals surface area contributed by atoms with E-state index in [0.717, 1.165) is 0 Å². The van der Waals surface area contributed by atoms with Crippen LogP contribution in [0.15, 0.2) is 30.3 Å². The Kier molecular flexibility index (Phi) is 4.46. The normalized spacial score (nSPS) is 23.3. The number of rotatable bonds is 2. The number of benzene rings is 1. The van der Waals surface area contributed by atoms with E-state index < -0.39 is 35.4 Å². The summed E-state index contributed by atoms with van der Waals surface area (Å²) in [6, 6.07) is 7.08. The molecule has 27 heavy (non-hydrogen) atoms. The Labute approximate surface area is 158 Å². The molecule has 0 saturated carbocycles. The Bertz CT molecular complexity index is 797. The van der Waals surface area contributed by atoms with Gasteiger partial charge in [0, 0.05) is 11.1 Å². The first kappa shape index (κ1) is 19.2. The summed E-state index contributed by atoms with van der Waals surface area (Å²) in [6.45, 7) is 10.5. The van der Waals surface area contributed by atoms with Crippen molar-refractivity contribution in [1.29, 1.82) is 0 Å². The van der Waals surface area contributed by atoms with Gasteiger partial charge in [-0.15, -0.1) is 0 Å². The second-order valence-electron chi connectivity index (χ2n) is 8.42. The number of hydrogen-bond donors (Lipinski definition) is 0. The van der Waals surface area contributed by atoms with E-state index >= 15 is 0 Å². The summed E-state index contributed by atoms with van der Waals surface area (Å²) >= 11 is 0. The third-order valence-corrected chi connectivity index (χ3v) is 3.70. The molecule has 146 valence electrons. The third kappa shape index (κ3) is 4.24. The number of carbonyl (C=O) groups excluding carboxylic acids is 2. The summed E-state index contributed by atoms with van der Waals surface area (Å²) in [4.78, 5) is 24.2. The van der Waals surface area contributed by atoms with Gasteiger partial charge in [0.2, 0.25) is 0 Å². The van der Waals surface area contributed by atoms with E-state index in [0.29, 0.717) is 16.9 Å². The number of carbonyl (C=O) groups is 2. The summed E-state index contributed by atoms with van der Waals surface area (Å²) in [7, 11) is 0. The van der Waals surface area contributed by atoms with Gasteiger partial charge in [0.25, 0.3) is 5.79 Å². The second-order valence-corrected chi connectivity index (χ2v) is 8.42. The molecule has 7 nitrogen and oxygen atoms in total. The molecule has 0 spiro atoms. The maximum absolute atomic E-state index is 12.1. The molecular formula is C20H24O7. The molecule has 0 bridgehead atoms. The lowest BCUT2D eigenvalue weighted by Gasteiger charge is -2.25. The number of fused-ring (bicyclic) bond motifs is 3. The van der Waals surface area contributed by atoms with E-state index in [4.69, 9.17) is 23.7 Å². The van der Waals surface area contributed by atoms with E-state index in [1.807, 2.05) is 0 Å². The first-order valence-electron chi connectivity index (χ1n) is 8.72. The number of hydrogen-bond acceptors (Lipinski definition) is 7. The van der Waals surface area contributed by atoms with Crippen molar-refractivity contribution in [2.75, 3.05) is 0 Å². The first-order chi connectivity index (χ1) is 12.4. The standard InChI is InChI=1S/C20H24O7/c1-18(2,3)25-16(21)23-14-11-15-20(24-15,13-10-8-7-9-12(13)14)27-17(22)26-19(4,5)6/h7-11,15H,1-6H3/t15-,20+/m1/s1. The summed E-state index contributed by atoms with van der Waals surface area (Å²) < 4.78 is 26.9. The zero-order chi connectivity index (χ0) is 20.0. The highest BCUT2D eigenvalue weighted by atomic mass is 16.9. The second kappa shape index (κ2) is 6.27. The van der Waals surface area contributed by atoms with Crippen LogP contribution in [-0.2, 0) is 29.5 Å². The van der Waals surface area contributed by atoms with Crippen LogP contribution in [-0.4, -0.2) is 29.6 Å². The third-order valence-electron chi connectivity index (χ3n) is 3.70. The summed E-state index contributed by atoms with van der Waals surface area (Å²) in [6.07, 6.45) is -0.622. The smallest absolute Gasteiger partial charge is 0.428 e. The predicted molar refractivity (Wildman–Crippen MR) is 95.6 cm³/mol. The van der Waals surface area contributed by atoms with Crippen molar-refractivity contribution in [3.63, 3.8) is 0 Å². The van der Waals surface area contributed by atoms with Crippen molar-refractivity contribution in [1.82, 2.24) is 0 Å². The van der Waals surface area contributed by atoms with Crippen LogP contribution < -0.4 is 0 Å². The van der Waals surface area contributed by atoms with Gasteiger partial charge < -0.3 is 23.7 Å². The van der Waals surface area contributed by atoms with E-state index in [9.17, 15) is 9.59 Å². The van der Waals surface area contributed by atoms with Crippen LogP contribution in [0.1, 0.15) is 52.7 Å². The van der Waals surface area contributed by atoms with Crippen molar-refractivity contribution < 1.29 is 33.3 Å². The van der Waals surface area contributed by atoms with Crippen molar-refractivity contribution in [3.05, 3.63) is 41.5 Å². The molecule has 0 amide bonds. The predicted octanol–water partition coefficient (Wildman–Crippen LogP) is 4.50. The van der Waals surface area contributed by atoms with Gasteiger partial charge in [-0.1, -0.05) is 24.3 Å². The highest BCUT2D eigenvalue weighted by Gasteiger charge is 2.65. The van der Waals surface area contributed by atoms with Crippen LogP contribution in [0.25, 0.3) is 5.76 Å². The maximum Gasteiger partial charge on any atom is 0.514 e. The Morgan fingerprint density at radius 2 is 1.56 bits per heavy atom. The van der Waals surface area contributed by atoms with Crippen LogP contribution in [0.2, 0.25) is 0 Å². The molecule has 1 fully saturated rings. The van der Waals surface area contributed by atoms with E-state index in [-0.39, 0.29) is 0 Å². The fraction of sp³-hybridized carbons (Fsp3) is 0.500. The van der Waals surface area contributed by atoms with Gasteiger partial charge in [0.05, 0.1) is 0 Å². The average molecular weight is 376 g/mol. The van der Waals surface area contributed by atoms with Crippen LogP contribution in [0.3, 0.4) is 0 Å². The highest BCUT2D eigenvalue weighted by Crippen LogP contribution is 2.54. The van der Waals surface area contributed by atoms with Crippen LogP contribution in [0, 0.1) is 0 Å². The lowest BCUT2D eigenvalue weighted by atomic mass is 9.93. The first-order valence-corrected chi connectivity index (χ1v) is 8.72. The van der Waals surface area contributed by atoms with Crippen molar-refractivity contribution >= 4 is 18.1 Å². The highest BCUT2D eigenvalue weighted by molar-refractivity contribution is 5.78. The number of ether oxygens (including phenoxy) is 5. The zero-order valence-electron chi connectivity index (χ0n) is 16.3. The van der Waals surface area contributed by atoms with E-state index in [1.54, 1.807) is 71.9 Å². The van der Waals surface area contributed by atoms with Crippen molar-refractivity contribution in [2.45, 2.75) is 64.6 Å². The molecule has 1 saturated heterocycles. The molecule has 0 unspecified atom stereocenters. The van der Waals surface area contributed by atoms with Crippen molar-refractivity contribution in [3.8, 4) is 0 Å². The van der Waals surface area contributed by atoms with Gasteiger partial charge in [-0.05, 0) is 47.6 Å². The molecule has 1 aliphatic heterocycles. The summed E-state index contributed by atoms with van der Waals surface area (Å²) in [5.41, 5.74) is -0.193. The van der Waals surface area contributed by atoms with Gasteiger partial charge in [0.1, 0.15) is 17.0 Å². The average Bonchev–Trinajstić information content (AvgIpc) is 3.17. The van der Waals surface area contributed by atoms with Gasteiger partial charge >= 0.3 is 12.3 Å². The Hall–Kier alpha value is -2.54. The zero-order valence-corrected chi connectivity index (χ0v) is 16.3. The van der Waals surface area contributed by atoms with E-state index in [2.05, 4.69) is 0 Å². The maximum atomic E-state index is 12.1. The van der Waals surface area contributed by atoms with Crippen LogP contribution in [0.5, 0.6) is 0 Å². The Balaban J connectivity index is 1.82. The minimum Gasteiger partial charge on any atom is -0.428 e. The van der Waals surface area contributed by atoms with Gasteiger partial charge in [-0.3, -0.25) is 0 Å². The van der Waals surface area contributed by atoms with Crippen molar-refractivity contribution in [2.24, 2.45) is 0 Å². The van der Waals surface area contributed by atoms with Gasteiger partial charge in [-0.2, -0.15) is 0 Å².